The Hall–Kier alpha value is -2.78. The highest BCUT2D eigenvalue weighted by molar-refractivity contribution is 7.84. The van der Waals surface area contributed by atoms with Crippen LogP contribution in [0.25, 0.3) is 0 Å². The number of anilines is 1. The minimum atomic E-state index is -5.02. The minimum absolute atomic E-state index is 0.0416. The molecule has 2 rings (SSSR count). The predicted octanol–water partition coefficient (Wildman–Crippen LogP) is -2.25. The summed E-state index contributed by atoms with van der Waals surface area (Å²) in [4.78, 5) is 44.5. The van der Waals surface area contributed by atoms with Gasteiger partial charge in [-0.05, 0) is 0 Å². The van der Waals surface area contributed by atoms with Gasteiger partial charge in [0.05, 0.1) is 7.11 Å². The zero-order valence-electron chi connectivity index (χ0n) is 13.3. The number of rotatable bonds is 6. The molecule has 1 fully saturated rings. The number of aromatic nitrogens is 1. The first-order valence-electron chi connectivity index (χ1n) is 6.63. The highest BCUT2D eigenvalue weighted by Crippen LogP contribution is 2.25. The molecule has 0 saturated carbocycles. The Morgan fingerprint density at radius 2 is 2.12 bits per heavy atom. The lowest BCUT2D eigenvalue weighted by Gasteiger charge is -2.41. The molecule has 26 heavy (non-hydrogen) atoms. The summed E-state index contributed by atoms with van der Waals surface area (Å²) in [6.45, 7) is 0. The van der Waals surface area contributed by atoms with Gasteiger partial charge in [0, 0.05) is 5.38 Å². The van der Waals surface area contributed by atoms with Gasteiger partial charge in [-0.2, -0.15) is 12.7 Å². The lowest BCUT2D eigenvalue weighted by Crippen LogP contribution is -2.74. The average molecular weight is 407 g/mol. The van der Waals surface area contributed by atoms with E-state index in [2.05, 4.69) is 25.0 Å². The summed E-state index contributed by atoms with van der Waals surface area (Å²) in [7, 11) is -2.91. The topological polar surface area (TPSA) is 191 Å². The van der Waals surface area contributed by atoms with Crippen molar-refractivity contribution in [2.75, 3.05) is 20.0 Å². The normalized spacial score (nSPS) is 20.3. The zero-order chi connectivity index (χ0) is 19.6. The summed E-state index contributed by atoms with van der Waals surface area (Å²) < 4.78 is 35.8. The number of ether oxygens (including phenoxy) is 1. The number of amides is 2. The van der Waals surface area contributed by atoms with Crippen LogP contribution in [0, 0.1) is 0 Å². The van der Waals surface area contributed by atoms with Crippen LogP contribution in [0.4, 0.5) is 5.13 Å². The fraction of sp³-hybridized carbons (Fsp3) is 0.364. The van der Waals surface area contributed by atoms with Crippen molar-refractivity contribution in [1.29, 1.82) is 0 Å². The molecular weight excluding hydrogens is 394 g/mol. The average Bonchev–Trinajstić information content (AvgIpc) is 2.98. The first-order chi connectivity index (χ1) is 12.1. The summed E-state index contributed by atoms with van der Waals surface area (Å²) in [6, 6.07) is -3.37. The van der Waals surface area contributed by atoms with Crippen LogP contribution in [0.1, 0.15) is 5.69 Å². The lowest BCUT2D eigenvalue weighted by atomic mass is 9.98. The Balaban J connectivity index is 2.27. The first-order valence-corrected chi connectivity index (χ1v) is 8.91. The third-order valence-electron chi connectivity index (χ3n) is 3.19. The van der Waals surface area contributed by atoms with E-state index in [1.54, 1.807) is 0 Å². The van der Waals surface area contributed by atoms with Gasteiger partial charge in [0.2, 0.25) is 0 Å². The molecule has 1 aliphatic heterocycles. The van der Waals surface area contributed by atoms with Gasteiger partial charge < -0.3 is 20.6 Å². The van der Waals surface area contributed by atoms with Crippen molar-refractivity contribution in [3.8, 4) is 0 Å². The third-order valence-corrected chi connectivity index (χ3v) is 4.77. The molecule has 0 bridgehead atoms. The smallest absolute Gasteiger partial charge is 0.363 e. The van der Waals surface area contributed by atoms with E-state index in [1.165, 1.54) is 5.38 Å². The molecule has 2 heterocycles. The number of nitrogen functional groups attached to an aromatic ring is 1. The Morgan fingerprint density at radius 3 is 2.58 bits per heavy atom. The van der Waals surface area contributed by atoms with E-state index < -0.39 is 40.2 Å². The van der Waals surface area contributed by atoms with Gasteiger partial charge in [-0.3, -0.25) is 14.1 Å². The van der Waals surface area contributed by atoms with Gasteiger partial charge in [-0.25, -0.2) is 9.78 Å². The molecule has 13 nitrogen and oxygen atoms in total. The molecule has 1 aliphatic rings. The van der Waals surface area contributed by atoms with Crippen LogP contribution in [0.5, 0.6) is 0 Å². The Labute approximate surface area is 150 Å². The summed E-state index contributed by atoms with van der Waals surface area (Å²) >= 11 is 1.02. The first kappa shape index (κ1) is 19.5. The van der Waals surface area contributed by atoms with E-state index in [0.29, 0.717) is 0 Å². The van der Waals surface area contributed by atoms with Crippen molar-refractivity contribution in [3.05, 3.63) is 11.1 Å². The van der Waals surface area contributed by atoms with Crippen molar-refractivity contribution in [2.45, 2.75) is 12.1 Å². The van der Waals surface area contributed by atoms with Gasteiger partial charge in [-0.1, -0.05) is 5.16 Å². The number of carbonyl (C=O) groups excluding carboxylic acids is 3. The number of carbonyl (C=O) groups is 3. The zero-order valence-corrected chi connectivity index (χ0v) is 14.9. The van der Waals surface area contributed by atoms with Crippen LogP contribution < -0.4 is 11.1 Å². The van der Waals surface area contributed by atoms with E-state index in [-0.39, 0.29) is 20.8 Å². The number of oxime groups is 1. The Kier molecular flexibility index (Phi) is 5.43. The van der Waals surface area contributed by atoms with Crippen LogP contribution in [-0.2, 0) is 34.3 Å². The van der Waals surface area contributed by atoms with E-state index in [1.807, 2.05) is 0 Å². The highest BCUT2D eigenvalue weighted by atomic mass is 32.2. The van der Waals surface area contributed by atoms with Crippen molar-refractivity contribution in [1.82, 2.24) is 14.6 Å². The number of nitrogens with one attached hydrogen (secondary N) is 1. The van der Waals surface area contributed by atoms with Crippen LogP contribution >= 0.6 is 11.3 Å². The Morgan fingerprint density at radius 1 is 1.46 bits per heavy atom. The molecule has 1 saturated heterocycles. The standard InChI is InChI=1S/C11H13N5O8S2/c1-23-10(19)7-6(9(18)16(7)26(20,21)22)14-8(17)5(15-24-2)4-3-25-11(12)13-4/h3,6-7H,1-2H3,(H2,12,13)(H,14,17)(H,20,21,22)/t6-,7-/m1/s1. The van der Waals surface area contributed by atoms with Crippen LogP contribution in [-0.4, -0.2) is 72.1 Å². The SMILES string of the molecule is CON=C(C(=O)N[C@H]1C(=O)N(S(=O)(=O)O)[C@H]1C(=O)OC)c1csc(N)n1. The van der Waals surface area contributed by atoms with Crippen molar-refractivity contribution in [3.63, 3.8) is 0 Å². The second-order valence-corrected chi connectivity index (χ2v) is 6.90. The number of nitrogens with two attached hydrogens (primary N) is 1. The third kappa shape index (κ3) is 3.58. The van der Waals surface area contributed by atoms with E-state index in [4.69, 9.17) is 10.3 Å². The molecule has 15 heteroatoms. The fourth-order valence-corrected chi connectivity index (χ4v) is 3.50. The number of hydrogen-bond donors (Lipinski definition) is 3. The number of β-lactam (4-membered cyclic amide) rings is 1. The second-order valence-electron chi connectivity index (χ2n) is 4.72. The molecule has 0 aliphatic carbocycles. The van der Waals surface area contributed by atoms with Gasteiger partial charge in [0.15, 0.2) is 16.9 Å². The second kappa shape index (κ2) is 7.22. The summed E-state index contributed by atoms with van der Waals surface area (Å²) in [5, 5.41) is 7.16. The van der Waals surface area contributed by atoms with E-state index in [0.717, 1.165) is 25.6 Å². The Bertz CT molecular complexity index is 879. The van der Waals surface area contributed by atoms with Gasteiger partial charge in [0.1, 0.15) is 18.8 Å². The molecule has 0 aromatic carbocycles. The molecule has 142 valence electrons. The maximum Gasteiger partial charge on any atom is 0.363 e. The highest BCUT2D eigenvalue weighted by Gasteiger charge is 2.58. The summed E-state index contributed by atoms with van der Waals surface area (Å²) in [5.74, 6) is -3.37. The van der Waals surface area contributed by atoms with Gasteiger partial charge in [0.25, 0.3) is 11.8 Å². The largest absolute Gasteiger partial charge is 0.467 e. The quantitative estimate of drug-likeness (QED) is 0.152. The molecule has 0 unspecified atom stereocenters. The van der Waals surface area contributed by atoms with Crippen LogP contribution in [0.15, 0.2) is 10.5 Å². The van der Waals surface area contributed by atoms with Crippen LogP contribution in [0.3, 0.4) is 0 Å². The molecule has 2 amide bonds. The van der Waals surface area contributed by atoms with E-state index in [9.17, 15) is 22.8 Å². The number of hydrogen-bond acceptors (Lipinski definition) is 11. The predicted molar refractivity (Wildman–Crippen MR) is 86.2 cm³/mol. The number of esters is 1. The molecule has 0 radical (unpaired) electrons. The van der Waals surface area contributed by atoms with Crippen LogP contribution in [0.2, 0.25) is 0 Å². The molecule has 1 aromatic heterocycles. The number of methoxy groups -OCH3 is 1. The van der Waals surface area contributed by atoms with Gasteiger partial charge >= 0.3 is 16.3 Å². The molecular formula is C11H13N5O8S2. The van der Waals surface area contributed by atoms with Crippen molar-refractivity contribution >= 4 is 50.3 Å². The fourth-order valence-electron chi connectivity index (χ4n) is 2.11. The minimum Gasteiger partial charge on any atom is -0.467 e. The maximum atomic E-state index is 12.4. The monoisotopic (exact) mass is 407 g/mol. The lowest BCUT2D eigenvalue weighted by molar-refractivity contribution is -0.162. The van der Waals surface area contributed by atoms with E-state index >= 15 is 0 Å². The van der Waals surface area contributed by atoms with Crippen molar-refractivity contribution < 1.29 is 36.9 Å². The molecule has 0 spiro atoms. The summed E-state index contributed by atoms with van der Waals surface area (Å²) in [5.41, 5.74) is 5.17. The number of nitrogens with zero attached hydrogens (tertiary/aromatic N) is 3. The van der Waals surface area contributed by atoms with Gasteiger partial charge in [-0.15, -0.1) is 11.3 Å². The van der Waals surface area contributed by atoms with Crippen molar-refractivity contribution in [2.24, 2.45) is 5.16 Å². The molecule has 2 atom stereocenters. The summed E-state index contributed by atoms with van der Waals surface area (Å²) in [6.07, 6.45) is 0. The molecule has 1 aromatic rings. The molecule has 4 N–H and O–H groups in total. The number of thiazole rings is 1. The maximum absolute atomic E-state index is 12.4.